The number of rotatable bonds is 5. The summed E-state index contributed by atoms with van der Waals surface area (Å²) < 4.78 is 0. The lowest BCUT2D eigenvalue weighted by Gasteiger charge is -2.23. The van der Waals surface area contributed by atoms with Crippen LogP contribution in [0.25, 0.3) is 0 Å². The maximum atomic E-state index is 6.41. The van der Waals surface area contributed by atoms with Gasteiger partial charge in [-0.1, -0.05) is 53.9 Å². The molecule has 0 amide bonds. The van der Waals surface area contributed by atoms with Crippen LogP contribution >= 0.6 is 23.2 Å². The molecule has 112 valence electrons. The first-order valence-corrected chi connectivity index (χ1v) is 8.04. The Kier molecular flexibility index (Phi) is 5.69. The van der Waals surface area contributed by atoms with E-state index in [2.05, 4.69) is 44.3 Å². The third kappa shape index (κ3) is 4.00. The monoisotopic (exact) mass is 321 g/mol. The van der Waals surface area contributed by atoms with Gasteiger partial charge in [0.15, 0.2) is 0 Å². The van der Waals surface area contributed by atoms with Gasteiger partial charge in [-0.15, -0.1) is 0 Å². The molecule has 1 N–H and O–H groups in total. The molecule has 1 nitrogen and oxygen atoms in total. The first kappa shape index (κ1) is 16.4. The van der Waals surface area contributed by atoms with Gasteiger partial charge < -0.3 is 5.32 Å². The van der Waals surface area contributed by atoms with E-state index in [4.69, 9.17) is 23.2 Å². The van der Waals surface area contributed by atoms with Gasteiger partial charge in [-0.05, 0) is 61.7 Å². The molecule has 2 aromatic carbocycles. The highest BCUT2D eigenvalue weighted by Crippen LogP contribution is 2.32. The van der Waals surface area contributed by atoms with Gasteiger partial charge in [0, 0.05) is 10.0 Å². The van der Waals surface area contributed by atoms with Crippen LogP contribution < -0.4 is 5.32 Å². The summed E-state index contributed by atoms with van der Waals surface area (Å²) >= 11 is 12.6. The molecule has 3 heteroatoms. The Morgan fingerprint density at radius 1 is 1.00 bits per heavy atom. The van der Waals surface area contributed by atoms with Gasteiger partial charge in [-0.3, -0.25) is 0 Å². The van der Waals surface area contributed by atoms with Gasteiger partial charge in [-0.25, -0.2) is 0 Å². The molecule has 0 spiro atoms. The van der Waals surface area contributed by atoms with E-state index in [9.17, 15) is 0 Å². The molecule has 21 heavy (non-hydrogen) atoms. The van der Waals surface area contributed by atoms with Crippen LogP contribution in [0.1, 0.15) is 41.6 Å². The van der Waals surface area contributed by atoms with E-state index >= 15 is 0 Å². The lowest BCUT2D eigenvalue weighted by Crippen LogP contribution is -2.24. The highest BCUT2D eigenvalue weighted by Gasteiger charge is 2.18. The first-order chi connectivity index (χ1) is 10.0. The van der Waals surface area contributed by atoms with Gasteiger partial charge in [-0.2, -0.15) is 0 Å². The quantitative estimate of drug-likeness (QED) is 0.744. The maximum absolute atomic E-state index is 6.41. The van der Waals surface area contributed by atoms with Crippen LogP contribution in [-0.2, 0) is 0 Å². The number of nitrogens with one attached hydrogen (secondary N) is 1. The highest BCUT2D eigenvalue weighted by atomic mass is 35.5. The fourth-order valence-corrected chi connectivity index (χ4v) is 2.89. The third-order valence-electron chi connectivity index (χ3n) is 3.61. The normalized spacial score (nSPS) is 12.4. The van der Waals surface area contributed by atoms with Crippen LogP contribution in [0.15, 0.2) is 36.4 Å². The average Bonchev–Trinajstić information content (AvgIpc) is 2.46. The smallest absolute Gasteiger partial charge is 0.0594 e. The number of benzene rings is 2. The van der Waals surface area contributed by atoms with Crippen molar-refractivity contribution in [1.29, 1.82) is 0 Å². The maximum Gasteiger partial charge on any atom is 0.0594 e. The largest absolute Gasteiger partial charge is 0.306 e. The predicted molar refractivity (Wildman–Crippen MR) is 92.5 cm³/mol. The lowest BCUT2D eigenvalue weighted by molar-refractivity contribution is 0.596. The number of halogens is 2. The second kappa shape index (κ2) is 7.31. The van der Waals surface area contributed by atoms with Crippen molar-refractivity contribution in [2.45, 2.75) is 33.2 Å². The van der Waals surface area contributed by atoms with Gasteiger partial charge in [0.1, 0.15) is 0 Å². The average molecular weight is 322 g/mol. The minimum atomic E-state index is 0.0658. The van der Waals surface area contributed by atoms with E-state index in [1.165, 1.54) is 16.7 Å². The summed E-state index contributed by atoms with van der Waals surface area (Å²) in [6.07, 6.45) is 1.07. The molecule has 0 radical (unpaired) electrons. The molecule has 0 heterocycles. The van der Waals surface area contributed by atoms with E-state index < -0.39 is 0 Å². The van der Waals surface area contributed by atoms with Crippen LogP contribution in [0.5, 0.6) is 0 Å². The standard InChI is InChI=1S/C18H21Cl2N/c1-4-9-21-18(15-10-12(2)5-6-13(15)3)16-11-14(19)7-8-17(16)20/h5-8,10-11,18,21H,4,9H2,1-3H3. The summed E-state index contributed by atoms with van der Waals surface area (Å²) in [6.45, 7) is 7.33. The summed E-state index contributed by atoms with van der Waals surface area (Å²) in [5, 5.41) is 5.05. The van der Waals surface area contributed by atoms with Gasteiger partial charge >= 0.3 is 0 Å². The molecular weight excluding hydrogens is 301 g/mol. The van der Waals surface area contributed by atoms with Crippen molar-refractivity contribution in [1.82, 2.24) is 5.32 Å². The summed E-state index contributed by atoms with van der Waals surface area (Å²) in [7, 11) is 0. The molecule has 0 bridgehead atoms. The summed E-state index contributed by atoms with van der Waals surface area (Å²) in [5.74, 6) is 0. The van der Waals surface area contributed by atoms with Gasteiger partial charge in [0.25, 0.3) is 0 Å². The van der Waals surface area contributed by atoms with E-state index in [1.807, 2.05) is 18.2 Å². The second-order valence-electron chi connectivity index (χ2n) is 5.41. The number of hydrogen-bond acceptors (Lipinski definition) is 1. The Hall–Kier alpha value is -1.02. The van der Waals surface area contributed by atoms with E-state index in [-0.39, 0.29) is 6.04 Å². The molecule has 0 fully saturated rings. The predicted octanol–water partition coefficient (Wildman–Crippen LogP) is 5.70. The fraction of sp³-hybridized carbons (Fsp3) is 0.333. The van der Waals surface area contributed by atoms with Crippen molar-refractivity contribution < 1.29 is 0 Å². The van der Waals surface area contributed by atoms with Crippen molar-refractivity contribution in [2.75, 3.05) is 6.54 Å². The Balaban J connectivity index is 2.52. The Bertz CT molecular complexity index is 571. The second-order valence-corrected chi connectivity index (χ2v) is 6.26. The minimum Gasteiger partial charge on any atom is -0.306 e. The molecular formula is C18H21Cl2N. The Labute approximate surface area is 137 Å². The molecule has 0 aromatic heterocycles. The zero-order chi connectivity index (χ0) is 15.4. The fourth-order valence-electron chi connectivity index (χ4n) is 2.48. The third-order valence-corrected chi connectivity index (χ3v) is 4.19. The molecule has 0 aliphatic rings. The number of hydrogen-bond donors (Lipinski definition) is 1. The lowest BCUT2D eigenvalue weighted by atomic mass is 9.93. The number of aryl methyl sites for hydroxylation is 2. The van der Waals surface area contributed by atoms with Crippen LogP contribution in [0.3, 0.4) is 0 Å². The molecule has 0 aliphatic heterocycles. The Morgan fingerprint density at radius 2 is 1.76 bits per heavy atom. The molecule has 0 aliphatic carbocycles. The van der Waals surface area contributed by atoms with Crippen LogP contribution in [0, 0.1) is 13.8 Å². The SMILES string of the molecule is CCCNC(c1cc(C)ccc1C)c1cc(Cl)ccc1Cl. The van der Waals surface area contributed by atoms with E-state index in [0.29, 0.717) is 5.02 Å². The summed E-state index contributed by atoms with van der Waals surface area (Å²) in [5.41, 5.74) is 4.79. The van der Waals surface area contributed by atoms with Crippen molar-refractivity contribution >= 4 is 23.2 Å². The van der Waals surface area contributed by atoms with Crippen molar-refractivity contribution in [2.24, 2.45) is 0 Å². The first-order valence-electron chi connectivity index (χ1n) is 7.28. The van der Waals surface area contributed by atoms with Crippen molar-refractivity contribution in [3.8, 4) is 0 Å². The Morgan fingerprint density at radius 3 is 2.48 bits per heavy atom. The van der Waals surface area contributed by atoms with Crippen LogP contribution in [-0.4, -0.2) is 6.54 Å². The zero-order valence-corrected chi connectivity index (χ0v) is 14.2. The zero-order valence-electron chi connectivity index (χ0n) is 12.7. The van der Waals surface area contributed by atoms with E-state index in [1.54, 1.807) is 0 Å². The molecule has 2 rings (SSSR count). The van der Waals surface area contributed by atoms with Crippen molar-refractivity contribution in [3.63, 3.8) is 0 Å². The molecule has 1 atom stereocenters. The minimum absolute atomic E-state index is 0.0658. The molecule has 0 saturated heterocycles. The van der Waals surface area contributed by atoms with Crippen molar-refractivity contribution in [3.05, 3.63) is 68.7 Å². The topological polar surface area (TPSA) is 12.0 Å². The molecule has 1 unspecified atom stereocenters. The summed E-state index contributed by atoms with van der Waals surface area (Å²) in [4.78, 5) is 0. The van der Waals surface area contributed by atoms with Gasteiger partial charge in [0.05, 0.1) is 6.04 Å². The van der Waals surface area contributed by atoms with E-state index in [0.717, 1.165) is 23.6 Å². The van der Waals surface area contributed by atoms with Crippen LogP contribution in [0.4, 0.5) is 0 Å². The van der Waals surface area contributed by atoms with Crippen LogP contribution in [0.2, 0.25) is 10.0 Å². The summed E-state index contributed by atoms with van der Waals surface area (Å²) in [6, 6.07) is 12.2. The highest BCUT2D eigenvalue weighted by molar-refractivity contribution is 6.33. The molecule has 2 aromatic rings. The molecule has 0 saturated carbocycles. The van der Waals surface area contributed by atoms with Gasteiger partial charge in [0.2, 0.25) is 0 Å².